The van der Waals surface area contributed by atoms with E-state index in [4.69, 9.17) is 0 Å². The van der Waals surface area contributed by atoms with Gasteiger partial charge in [-0.2, -0.15) is 0 Å². The summed E-state index contributed by atoms with van der Waals surface area (Å²) in [5, 5.41) is 6.31. The van der Waals surface area contributed by atoms with Crippen molar-refractivity contribution in [2.75, 3.05) is 27.2 Å². The first-order valence-electron chi connectivity index (χ1n) is 3.28. The van der Waals surface area contributed by atoms with Gasteiger partial charge < -0.3 is 0 Å². The topological polar surface area (TPSA) is 24.1 Å². The minimum absolute atomic E-state index is 0.333. The van der Waals surface area contributed by atoms with Crippen molar-refractivity contribution in [1.29, 1.82) is 0 Å². The van der Waals surface area contributed by atoms with E-state index in [0.717, 1.165) is 0 Å². The van der Waals surface area contributed by atoms with E-state index in [9.17, 15) is 0 Å². The molecule has 0 rings (SSSR count). The molecule has 0 fully saturated rings. The number of hydrogen-bond acceptors (Lipinski definition) is 2. The molecule has 0 aromatic heterocycles. The summed E-state index contributed by atoms with van der Waals surface area (Å²) in [6, 6.07) is 0. The van der Waals surface area contributed by atoms with Crippen LogP contribution in [-0.4, -0.2) is 48.1 Å². The fourth-order valence-corrected chi connectivity index (χ4v) is 3.02. The van der Waals surface area contributed by atoms with E-state index >= 15 is 0 Å². The Morgan fingerprint density at radius 3 is 1.78 bits per heavy atom. The summed E-state index contributed by atoms with van der Waals surface area (Å²) in [6.07, 6.45) is 0. The van der Waals surface area contributed by atoms with Gasteiger partial charge in [-0.25, -0.2) is 0 Å². The molecule has 0 saturated carbocycles. The Kier molecular flexibility index (Phi) is 9.40. The van der Waals surface area contributed by atoms with Crippen LogP contribution in [0.4, 0.5) is 0 Å². The summed E-state index contributed by atoms with van der Waals surface area (Å²) in [6.45, 7) is 2.43. The Morgan fingerprint density at radius 1 is 1.00 bits per heavy atom. The van der Waals surface area contributed by atoms with E-state index in [-0.39, 0.29) is 0 Å². The average Bonchev–Trinajstić information content (AvgIpc) is 1.89. The maximum absolute atomic E-state index is 3.16. The second-order valence-corrected chi connectivity index (χ2v) is 5.32. The molecular formula is C6H16N2Te. The quantitative estimate of drug-likeness (QED) is 0.506. The Labute approximate surface area is 67.9 Å². The molecule has 0 aromatic carbocycles. The van der Waals surface area contributed by atoms with Crippen LogP contribution in [0.3, 0.4) is 0 Å². The molecule has 0 amide bonds. The van der Waals surface area contributed by atoms with Crippen molar-refractivity contribution in [3.8, 4) is 0 Å². The maximum atomic E-state index is 3.16. The van der Waals surface area contributed by atoms with Crippen LogP contribution in [0.2, 0.25) is 8.94 Å². The standard InChI is InChI=1S/C6H16N2Te/c1-7-3-5-9-6-4-8-2/h7-8H,3-6H2,1-2H3. The normalized spacial score (nSPS) is 10.0. The molecule has 0 atom stereocenters. The fourth-order valence-electron chi connectivity index (χ4n) is 0.451. The molecule has 0 aromatic rings. The van der Waals surface area contributed by atoms with Gasteiger partial charge in [-0.15, -0.1) is 0 Å². The van der Waals surface area contributed by atoms with Crippen LogP contribution < -0.4 is 10.6 Å². The molecule has 0 saturated heterocycles. The molecular weight excluding hydrogens is 228 g/mol. The molecule has 2 N–H and O–H groups in total. The Balaban J connectivity index is 2.60. The first-order chi connectivity index (χ1) is 4.41. The molecule has 0 unspecified atom stereocenters. The van der Waals surface area contributed by atoms with E-state index in [1.165, 1.54) is 22.0 Å². The molecule has 0 aliphatic heterocycles. The Hall–Kier alpha value is 0.710. The first kappa shape index (κ1) is 9.71. The van der Waals surface area contributed by atoms with Gasteiger partial charge in [-0.3, -0.25) is 0 Å². The first-order valence-corrected chi connectivity index (χ1v) is 6.58. The number of rotatable bonds is 6. The van der Waals surface area contributed by atoms with Gasteiger partial charge in [0.1, 0.15) is 0 Å². The summed E-state index contributed by atoms with van der Waals surface area (Å²) >= 11 is 0.333. The van der Waals surface area contributed by atoms with Crippen molar-refractivity contribution in [2.24, 2.45) is 0 Å². The molecule has 0 radical (unpaired) electrons. The molecule has 9 heavy (non-hydrogen) atoms. The van der Waals surface area contributed by atoms with E-state index in [1.807, 2.05) is 14.1 Å². The van der Waals surface area contributed by atoms with Gasteiger partial charge in [-0.05, 0) is 0 Å². The van der Waals surface area contributed by atoms with Crippen molar-refractivity contribution in [2.45, 2.75) is 8.94 Å². The molecule has 3 heteroatoms. The summed E-state index contributed by atoms with van der Waals surface area (Å²) in [5.41, 5.74) is 0. The molecule has 56 valence electrons. The zero-order chi connectivity index (χ0) is 6.95. The van der Waals surface area contributed by atoms with Crippen LogP contribution in [0.1, 0.15) is 0 Å². The van der Waals surface area contributed by atoms with Crippen LogP contribution in [-0.2, 0) is 0 Å². The van der Waals surface area contributed by atoms with Crippen LogP contribution in [0.5, 0.6) is 0 Å². The fraction of sp³-hybridized carbons (Fsp3) is 1.00. The average molecular weight is 244 g/mol. The summed E-state index contributed by atoms with van der Waals surface area (Å²) in [5.74, 6) is 0. The number of nitrogens with one attached hydrogen (secondary N) is 2. The van der Waals surface area contributed by atoms with E-state index in [2.05, 4.69) is 10.6 Å². The zero-order valence-corrected chi connectivity index (χ0v) is 8.57. The van der Waals surface area contributed by atoms with Crippen molar-refractivity contribution in [3.05, 3.63) is 0 Å². The Bertz CT molecular complexity index is 44.3. The molecule has 0 aliphatic rings. The second kappa shape index (κ2) is 8.71. The molecule has 0 aliphatic carbocycles. The van der Waals surface area contributed by atoms with Gasteiger partial charge >= 0.3 is 67.7 Å². The van der Waals surface area contributed by atoms with E-state index < -0.39 is 0 Å². The van der Waals surface area contributed by atoms with Crippen LogP contribution in [0.15, 0.2) is 0 Å². The summed E-state index contributed by atoms with van der Waals surface area (Å²) < 4.78 is 2.87. The number of hydrogen-bond donors (Lipinski definition) is 2. The summed E-state index contributed by atoms with van der Waals surface area (Å²) in [4.78, 5) is 0. The van der Waals surface area contributed by atoms with Crippen molar-refractivity contribution < 1.29 is 0 Å². The predicted octanol–water partition coefficient (Wildman–Crippen LogP) is -0.0340. The molecule has 0 spiro atoms. The van der Waals surface area contributed by atoms with E-state index in [0.29, 0.717) is 20.9 Å². The van der Waals surface area contributed by atoms with Gasteiger partial charge in [0.25, 0.3) is 0 Å². The van der Waals surface area contributed by atoms with Gasteiger partial charge in [-0.1, -0.05) is 0 Å². The van der Waals surface area contributed by atoms with Crippen molar-refractivity contribution >= 4 is 20.9 Å². The SMILES string of the molecule is CNCC[Te]CCNC. The minimum atomic E-state index is 0.333. The zero-order valence-electron chi connectivity index (χ0n) is 6.24. The monoisotopic (exact) mass is 246 g/mol. The van der Waals surface area contributed by atoms with Crippen molar-refractivity contribution in [3.63, 3.8) is 0 Å². The molecule has 0 heterocycles. The third-order valence-corrected chi connectivity index (χ3v) is 3.81. The second-order valence-electron chi connectivity index (χ2n) is 1.82. The predicted molar refractivity (Wildman–Crippen MR) is 43.2 cm³/mol. The van der Waals surface area contributed by atoms with Gasteiger partial charge in [0, 0.05) is 0 Å². The third-order valence-electron chi connectivity index (χ3n) is 0.993. The van der Waals surface area contributed by atoms with Crippen LogP contribution in [0, 0.1) is 0 Å². The van der Waals surface area contributed by atoms with Gasteiger partial charge in [0.2, 0.25) is 0 Å². The third kappa shape index (κ3) is 8.71. The van der Waals surface area contributed by atoms with Crippen LogP contribution in [0.25, 0.3) is 0 Å². The van der Waals surface area contributed by atoms with Crippen LogP contribution >= 0.6 is 0 Å². The van der Waals surface area contributed by atoms with Crippen molar-refractivity contribution in [1.82, 2.24) is 10.6 Å². The Morgan fingerprint density at radius 2 is 1.44 bits per heavy atom. The molecule has 2 nitrogen and oxygen atoms in total. The van der Waals surface area contributed by atoms with Gasteiger partial charge in [0.15, 0.2) is 0 Å². The molecule has 0 bridgehead atoms. The van der Waals surface area contributed by atoms with E-state index in [1.54, 1.807) is 0 Å². The summed E-state index contributed by atoms with van der Waals surface area (Å²) in [7, 11) is 4.04. The van der Waals surface area contributed by atoms with Gasteiger partial charge in [0.05, 0.1) is 0 Å².